The van der Waals surface area contributed by atoms with Gasteiger partial charge in [-0.3, -0.25) is 4.40 Å². The van der Waals surface area contributed by atoms with Crippen molar-refractivity contribution in [3.05, 3.63) is 24.4 Å². The van der Waals surface area contributed by atoms with E-state index in [1.807, 2.05) is 28.8 Å². The van der Waals surface area contributed by atoms with Gasteiger partial charge in [0.05, 0.1) is 0 Å². The lowest BCUT2D eigenvalue weighted by molar-refractivity contribution is 0.601. The number of pyridine rings is 1. The molecule has 0 radical (unpaired) electrons. The third-order valence-corrected chi connectivity index (χ3v) is 1.61. The predicted molar refractivity (Wildman–Crippen MR) is 35.3 cm³/mol. The Hall–Kier alpha value is -1.51. The molecule has 0 fully saturated rings. The van der Waals surface area contributed by atoms with Crippen molar-refractivity contribution < 1.29 is 4.74 Å². The Morgan fingerprint density at radius 1 is 1.40 bits per heavy atom. The molecule has 3 heterocycles. The number of hydrogen-bond donors (Lipinski definition) is 0. The van der Waals surface area contributed by atoms with Crippen LogP contribution < -0.4 is 4.74 Å². The topological polar surface area (TPSA) is 29.8 Å². The molecule has 0 saturated carbocycles. The van der Waals surface area contributed by atoms with Gasteiger partial charge in [-0.05, 0) is 12.1 Å². The summed E-state index contributed by atoms with van der Waals surface area (Å²) in [7, 11) is 0. The van der Waals surface area contributed by atoms with Crippen LogP contribution in [0.2, 0.25) is 0 Å². The predicted octanol–water partition coefficient (Wildman–Crippen LogP) is 1.44. The molecular formula is C7H4N2O. The molecule has 0 atom stereocenters. The number of ether oxygens (including phenoxy) is 1. The van der Waals surface area contributed by atoms with Gasteiger partial charge in [-0.2, -0.15) is 4.98 Å². The molecule has 0 unspecified atom stereocenters. The van der Waals surface area contributed by atoms with Crippen LogP contribution in [0.15, 0.2) is 24.4 Å². The Morgan fingerprint density at radius 3 is 3.30 bits per heavy atom. The maximum Gasteiger partial charge on any atom is 0.286 e. The van der Waals surface area contributed by atoms with Crippen molar-refractivity contribution in [2.24, 2.45) is 0 Å². The van der Waals surface area contributed by atoms with Crippen LogP contribution in [0.1, 0.15) is 0 Å². The summed E-state index contributed by atoms with van der Waals surface area (Å²) in [5, 5.41) is 0. The minimum Gasteiger partial charge on any atom is -0.411 e. The van der Waals surface area contributed by atoms with Crippen LogP contribution in [0.25, 0.3) is 5.65 Å². The van der Waals surface area contributed by atoms with E-state index in [0.717, 1.165) is 17.4 Å². The molecule has 0 aliphatic carbocycles. The standard InChI is InChI=1S/C7H4N2O/c1-2-4-9-5(3-1)8-6-7(9)10-6/h1-4H. The largest absolute Gasteiger partial charge is 0.411 e. The van der Waals surface area contributed by atoms with E-state index in [-0.39, 0.29) is 0 Å². The number of imidazole rings is 1. The van der Waals surface area contributed by atoms with E-state index >= 15 is 0 Å². The maximum atomic E-state index is 5.01. The summed E-state index contributed by atoms with van der Waals surface area (Å²) in [4.78, 5) is 4.15. The number of aromatic nitrogens is 2. The molecule has 0 saturated heterocycles. The molecule has 2 aromatic heterocycles. The Morgan fingerprint density at radius 2 is 2.40 bits per heavy atom. The third kappa shape index (κ3) is 0.355. The van der Waals surface area contributed by atoms with Crippen molar-refractivity contribution in [2.45, 2.75) is 0 Å². The summed E-state index contributed by atoms with van der Waals surface area (Å²) in [5.74, 6) is 1.65. The van der Waals surface area contributed by atoms with Crippen LogP contribution in [-0.4, -0.2) is 9.38 Å². The highest BCUT2D eigenvalue weighted by atomic mass is 16.6. The molecule has 3 heteroatoms. The molecular weight excluding hydrogens is 128 g/mol. The van der Waals surface area contributed by atoms with E-state index in [1.54, 1.807) is 0 Å². The number of rotatable bonds is 0. The Kier molecular flexibility index (Phi) is 0.502. The average Bonchev–Trinajstić information content (AvgIpc) is 2.64. The smallest absolute Gasteiger partial charge is 0.286 e. The highest BCUT2D eigenvalue weighted by molar-refractivity contribution is 5.56. The third-order valence-electron chi connectivity index (χ3n) is 1.61. The molecule has 10 heavy (non-hydrogen) atoms. The minimum absolute atomic E-state index is 0.770. The first-order valence-corrected chi connectivity index (χ1v) is 3.10. The Bertz CT molecular complexity index is 405. The first-order chi connectivity index (χ1) is 4.95. The monoisotopic (exact) mass is 132 g/mol. The van der Waals surface area contributed by atoms with E-state index < -0.39 is 0 Å². The summed E-state index contributed by atoms with van der Waals surface area (Å²) in [6.07, 6.45) is 1.94. The molecule has 2 aromatic rings. The van der Waals surface area contributed by atoms with Crippen LogP contribution in [0, 0.1) is 0 Å². The normalized spacial score (nSPS) is 12.8. The highest BCUT2D eigenvalue weighted by Crippen LogP contribution is 2.43. The van der Waals surface area contributed by atoms with Gasteiger partial charge in [-0.1, -0.05) is 6.07 Å². The summed E-state index contributed by atoms with van der Waals surface area (Å²) >= 11 is 0. The first kappa shape index (κ1) is 4.33. The van der Waals surface area contributed by atoms with Crippen LogP contribution in [0.3, 0.4) is 0 Å². The van der Waals surface area contributed by atoms with E-state index in [1.165, 1.54) is 0 Å². The fourth-order valence-electron chi connectivity index (χ4n) is 1.09. The van der Waals surface area contributed by atoms with Gasteiger partial charge in [0.25, 0.3) is 11.8 Å². The lowest BCUT2D eigenvalue weighted by atomic mass is 10.5. The van der Waals surface area contributed by atoms with Crippen molar-refractivity contribution in [2.75, 3.05) is 0 Å². The second-order valence-corrected chi connectivity index (χ2v) is 2.25. The van der Waals surface area contributed by atoms with Crippen LogP contribution in [-0.2, 0) is 0 Å². The van der Waals surface area contributed by atoms with Crippen molar-refractivity contribution in [3.8, 4) is 11.8 Å². The lowest BCUT2D eigenvalue weighted by Crippen LogP contribution is -1.82. The Balaban J connectivity index is 2.60. The van der Waals surface area contributed by atoms with Gasteiger partial charge in [0.15, 0.2) is 0 Å². The molecule has 1 aliphatic heterocycles. The lowest BCUT2D eigenvalue weighted by Gasteiger charge is -1.89. The molecule has 0 spiro atoms. The van der Waals surface area contributed by atoms with E-state index in [2.05, 4.69) is 4.98 Å². The van der Waals surface area contributed by atoms with Crippen LogP contribution in [0.4, 0.5) is 0 Å². The van der Waals surface area contributed by atoms with E-state index in [4.69, 9.17) is 4.74 Å². The van der Waals surface area contributed by atoms with Gasteiger partial charge in [-0.15, -0.1) is 0 Å². The average molecular weight is 132 g/mol. The number of nitrogens with zero attached hydrogens (tertiary/aromatic N) is 2. The van der Waals surface area contributed by atoms with Crippen LogP contribution >= 0.6 is 0 Å². The SMILES string of the molecule is c1ccn2c3c(nc2c1)O3. The number of fused-ring (bicyclic) bond motifs is 3. The first-order valence-electron chi connectivity index (χ1n) is 3.10. The van der Waals surface area contributed by atoms with E-state index in [0.29, 0.717) is 0 Å². The van der Waals surface area contributed by atoms with Gasteiger partial charge in [-0.25, -0.2) is 0 Å². The maximum absolute atomic E-state index is 5.01. The highest BCUT2D eigenvalue weighted by Gasteiger charge is 2.27. The summed E-state index contributed by atoms with van der Waals surface area (Å²) in [6.45, 7) is 0. The second kappa shape index (κ2) is 1.16. The quantitative estimate of drug-likeness (QED) is 0.433. The molecule has 48 valence electrons. The molecule has 0 aromatic carbocycles. The van der Waals surface area contributed by atoms with Gasteiger partial charge in [0, 0.05) is 6.20 Å². The fourth-order valence-corrected chi connectivity index (χ4v) is 1.09. The van der Waals surface area contributed by atoms with Crippen molar-refractivity contribution in [1.29, 1.82) is 0 Å². The zero-order valence-electron chi connectivity index (χ0n) is 5.11. The fraction of sp³-hybridized carbons (Fsp3) is 0. The number of hydrogen-bond acceptors (Lipinski definition) is 2. The summed E-state index contributed by atoms with van der Waals surface area (Å²) < 4.78 is 6.93. The zero-order chi connectivity index (χ0) is 6.55. The summed E-state index contributed by atoms with van der Waals surface area (Å²) in [6, 6.07) is 5.87. The zero-order valence-corrected chi connectivity index (χ0v) is 5.11. The Labute approximate surface area is 56.9 Å². The van der Waals surface area contributed by atoms with Crippen LogP contribution in [0.5, 0.6) is 11.8 Å². The van der Waals surface area contributed by atoms with Gasteiger partial charge >= 0.3 is 0 Å². The molecule has 3 nitrogen and oxygen atoms in total. The van der Waals surface area contributed by atoms with Crippen molar-refractivity contribution >= 4 is 5.65 Å². The molecule has 0 amide bonds. The second-order valence-electron chi connectivity index (χ2n) is 2.25. The molecule has 3 rings (SSSR count). The van der Waals surface area contributed by atoms with Crippen molar-refractivity contribution in [3.63, 3.8) is 0 Å². The molecule has 1 aliphatic rings. The van der Waals surface area contributed by atoms with E-state index in [9.17, 15) is 0 Å². The van der Waals surface area contributed by atoms with Gasteiger partial charge in [0.1, 0.15) is 5.65 Å². The van der Waals surface area contributed by atoms with Crippen molar-refractivity contribution in [1.82, 2.24) is 9.38 Å². The molecule has 0 bridgehead atoms. The van der Waals surface area contributed by atoms with Gasteiger partial charge < -0.3 is 4.74 Å². The van der Waals surface area contributed by atoms with Gasteiger partial charge in [0.2, 0.25) is 0 Å². The summed E-state index contributed by atoms with van der Waals surface area (Å²) in [5.41, 5.74) is 0.957. The molecule has 0 N–H and O–H groups in total. The minimum atomic E-state index is 0.770.